The smallest absolute Gasteiger partial charge is 0.243 e. The first-order valence-electron chi connectivity index (χ1n) is 5.49. The minimum atomic E-state index is -3.58. The second kappa shape index (κ2) is 5.28. The van der Waals surface area contributed by atoms with Gasteiger partial charge in [-0.1, -0.05) is 22.0 Å². The molecule has 0 bridgehead atoms. The van der Waals surface area contributed by atoms with Gasteiger partial charge in [-0.25, -0.2) is 8.42 Å². The van der Waals surface area contributed by atoms with E-state index in [4.69, 9.17) is 0 Å². The topological polar surface area (TPSA) is 57.6 Å². The first-order valence-corrected chi connectivity index (χ1v) is 7.72. The lowest BCUT2D eigenvalue weighted by molar-refractivity contribution is 0.0640. The predicted molar refractivity (Wildman–Crippen MR) is 75.0 cm³/mol. The Morgan fingerprint density at radius 1 is 1.39 bits per heavy atom. The molecule has 0 aliphatic heterocycles. The molecule has 4 nitrogen and oxygen atoms in total. The third-order valence-corrected chi connectivity index (χ3v) is 4.89. The van der Waals surface area contributed by atoms with Gasteiger partial charge in [0.25, 0.3) is 0 Å². The molecule has 0 atom stereocenters. The largest absolute Gasteiger partial charge is 0.389 e. The van der Waals surface area contributed by atoms with Crippen molar-refractivity contribution in [2.75, 3.05) is 13.6 Å². The van der Waals surface area contributed by atoms with Gasteiger partial charge in [-0.3, -0.25) is 0 Å². The standard InChI is InChI=1S/C12H18BrNO3S/c1-9-5-6-10(13)7-11(9)18(16,17)14(4)8-12(2,3)15/h5-7,15H,8H2,1-4H3. The van der Waals surface area contributed by atoms with Crippen LogP contribution in [0, 0.1) is 6.92 Å². The van der Waals surface area contributed by atoms with Crippen molar-refractivity contribution in [2.45, 2.75) is 31.3 Å². The second-order valence-corrected chi connectivity index (χ2v) is 7.91. The number of hydrogen-bond donors (Lipinski definition) is 1. The van der Waals surface area contributed by atoms with Crippen LogP contribution in [0.3, 0.4) is 0 Å². The van der Waals surface area contributed by atoms with Crippen molar-refractivity contribution in [1.29, 1.82) is 0 Å². The summed E-state index contributed by atoms with van der Waals surface area (Å²) in [6.45, 7) is 4.94. The van der Waals surface area contributed by atoms with Gasteiger partial charge in [0.05, 0.1) is 10.5 Å². The molecule has 1 rings (SSSR count). The van der Waals surface area contributed by atoms with Gasteiger partial charge in [0, 0.05) is 18.1 Å². The summed E-state index contributed by atoms with van der Waals surface area (Å²) < 4.78 is 26.6. The molecule has 0 heterocycles. The summed E-state index contributed by atoms with van der Waals surface area (Å²) >= 11 is 3.27. The fourth-order valence-electron chi connectivity index (χ4n) is 1.65. The lowest BCUT2D eigenvalue weighted by Gasteiger charge is -2.25. The first-order chi connectivity index (χ1) is 8.04. The Hall–Kier alpha value is -0.430. The molecule has 102 valence electrons. The van der Waals surface area contributed by atoms with Crippen molar-refractivity contribution < 1.29 is 13.5 Å². The monoisotopic (exact) mass is 335 g/mol. The Bertz CT molecular complexity index is 535. The number of sulfonamides is 1. The molecule has 0 saturated carbocycles. The minimum absolute atomic E-state index is 0.0429. The van der Waals surface area contributed by atoms with Crippen molar-refractivity contribution in [2.24, 2.45) is 0 Å². The Morgan fingerprint density at radius 3 is 2.44 bits per heavy atom. The number of benzene rings is 1. The SMILES string of the molecule is Cc1ccc(Br)cc1S(=O)(=O)N(C)CC(C)(C)O. The number of aliphatic hydroxyl groups is 1. The zero-order valence-electron chi connectivity index (χ0n) is 10.9. The number of halogens is 1. The van der Waals surface area contributed by atoms with Gasteiger partial charge in [-0.05, 0) is 38.5 Å². The zero-order chi connectivity index (χ0) is 14.1. The van der Waals surface area contributed by atoms with Gasteiger partial charge in [-0.15, -0.1) is 0 Å². The van der Waals surface area contributed by atoms with Crippen molar-refractivity contribution in [3.8, 4) is 0 Å². The molecule has 0 unspecified atom stereocenters. The van der Waals surface area contributed by atoms with E-state index in [0.29, 0.717) is 10.0 Å². The van der Waals surface area contributed by atoms with Crippen LogP contribution in [0.4, 0.5) is 0 Å². The van der Waals surface area contributed by atoms with Crippen LogP contribution in [0.1, 0.15) is 19.4 Å². The molecule has 0 amide bonds. The van der Waals surface area contributed by atoms with Crippen LogP contribution >= 0.6 is 15.9 Å². The molecule has 0 aliphatic rings. The van der Waals surface area contributed by atoms with E-state index in [-0.39, 0.29) is 11.4 Å². The van der Waals surface area contributed by atoms with E-state index >= 15 is 0 Å². The summed E-state index contributed by atoms with van der Waals surface area (Å²) in [7, 11) is -2.12. The summed E-state index contributed by atoms with van der Waals surface area (Å²) in [4.78, 5) is 0.253. The summed E-state index contributed by atoms with van der Waals surface area (Å²) in [5.74, 6) is 0. The van der Waals surface area contributed by atoms with Crippen LogP contribution in [0.2, 0.25) is 0 Å². The first kappa shape index (κ1) is 15.6. The quantitative estimate of drug-likeness (QED) is 0.917. The molecule has 1 N–H and O–H groups in total. The van der Waals surface area contributed by atoms with Gasteiger partial charge in [0.1, 0.15) is 0 Å². The normalized spacial score (nSPS) is 13.1. The highest BCUT2D eigenvalue weighted by atomic mass is 79.9. The molecule has 0 fully saturated rings. The van der Waals surface area contributed by atoms with E-state index in [9.17, 15) is 13.5 Å². The number of nitrogens with zero attached hydrogens (tertiary/aromatic N) is 1. The summed E-state index contributed by atoms with van der Waals surface area (Å²) in [6, 6.07) is 5.12. The highest BCUT2D eigenvalue weighted by Gasteiger charge is 2.27. The van der Waals surface area contributed by atoms with E-state index in [2.05, 4.69) is 15.9 Å². The molecule has 0 saturated heterocycles. The van der Waals surface area contributed by atoms with Crippen molar-refractivity contribution in [3.63, 3.8) is 0 Å². The van der Waals surface area contributed by atoms with Gasteiger partial charge < -0.3 is 5.11 Å². The van der Waals surface area contributed by atoms with Crippen LogP contribution in [-0.2, 0) is 10.0 Å². The Kier molecular flexibility index (Phi) is 4.59. The fraction of sp³-hybridized carbons (Fsp3) is 0.500. The number of likely N-dealkylation sites (N-methyl/N-ethyl adjacent to an activating group) is 1. The van der Waals surface area contributed by atoms with Crippen molar-refractivity contribution >= 4 is 26.0 Å². The molecule has 1 aromatic rings. The highest BCUT2D eigenvalue weighted by Crippen LogP contribution is 2.24. The average Bonchev–Trinajstić information content (AvgIpc) is 2.19. The van der Waals surface area contributed by atoms with Crippen LogP contribution in [0.15, 0.2) is 27.6 Å². The van der Waals surface area contributed by atoms with Crippen LogP contribution < -0.4 is 0 Å². The third kappa shape index (κ3) is 3.78. The molecule has 6 heteroatoms. The third-order valence-electron chi connectivity index (χ3n) is 2.45. The number of rotatable bonds is 4. The Balaban J connectivity index is 3.17. The summed E-state index contributed by atoms with van der Waals surface area (Å²) in [5.41, 5.74) is -0.386. The van der Waals surface area contributed by atoms with E-state index in [1.165, 1.54) is 11.4 Å². The van der Waals surface area contributed by atoms with Crippen molar-refractivity contribution in [1.82, 2.24) is 4.31 Å². The molecule has 0 aromatic heterocycles. The minimum Gasteiger partial charge on any atom is -0.389 e. The summed E-state index contributed by atoms with van der Waals surface area (Å²) in [5, 5.41) is 9.71. The van der Waals surface area contributed by atoms with E-state index < -0.39 is 15.6 Å². The lowest BCUT2D eigenvalue weighted by atomic mass is 10.1. The molecular formula is C12H18BrNO3S. The molecule has 0 spiro atoms. The molecule has 0 radical (unpaired) electrons. The Labute approximate surface area is 117 Å². The fourth-order valence-corrected chi connectivity index (χ4v) is 3.73. The summed E-state index contributed by atoms with van der Waals surface area (Å²) in [6.07, 6.45) is 0. The molecule has 0 aliphatic carbocycles. The van der Waals surface area contributed by atoms with Gasteiger partial charge in [0.2, 0.25) is 10.0 Å². The van der Waals surface area contributed by atoms with Gasteiger partial charge >= 0.3 is 0 Å². The number of aryl methyl sites for hydroxylation is 1. The number of hydrogen-bond acceptors (Lipinski definition) is 3. The average molecular weight is 336 g/mol. The molecule has 1 aromatic carbocycles. The predicted octanol–water partition coefficient (Wildman–Crippen LogP) is 2.15. The van der Waals surface area contributed by atoms with Crippen molar-refractivity contribution in [3.05, 3.63) is 28.2 Å². The second-order valence-electron chi connectivity index (χ2n) is 4.98. The van der Waals surface area contributed by atoms with Crippen LogP contribution in [0.25, 0.3) is 0 Å². The van der Waals surface area contributed by atoms with Gasteiger partial charge in [0.15, 0.2) is 0 Å². The maximum absolute atomic E-state index is 12.4. The van der Waals surface area contributed by atoms with E-state index in [1.54, 1.807) is 39.0 Å². The lowest BCUT2D eigenvalue weighted by Crippen LogP contribution is -2.39. The van der Waals surface area contributed by atoms with E-state index in [1.807, 2.05) is 0 Å². The molecule has 18 heavy (non-hydrogen) atoms. The van der Waals surface area contributed by atoms with E-state index in [0.717, 1.165) is 0 Å². The maximum Gasteiger partial charge on any atom is 0.243 e. The zero-order valence-corrected chi connectivity index (χ0v) is 13.3. The highest BCUT2D eigenvalue weighted by molar-refractivity contribution is 9.10. The Morgan fingerprint density at radius 2 is 1.94 bits per heavy atom. The maximum atomic E-state index is 12.4. The van der Waals surface area contributed by atoms with Crippen LogP contribution in [0.5, 0.6) is 0 Å². The van der Waals surface area contributed by atoms with Gasteiger partial charge in [-0.2, -0.15) is 4.31 Å². The molecular weight excluding hydrogens is 318 g/mol. The van der Waals surface area contributed by atoms with Crippen LogP contribution in [-0.4, -0.2) is 37.0 Å².